The third kappa shape index (κ3) is 2.51. The molecule has 0 amide bonds. The molecule has 0 saturated heterocycles. The Morgan fingerprint density at radius 3 is 2.56 bits per heavy atom. The normalized spacial score (nSPS) is 10.6. The van der Waals surface area contributed by atoms with Crippen molar-refractivity contribution in [1.29, 1.82) is 0 Å². The van der Waals surface area contributed by atoms with E-state index in [1.807, 2.05) is 18.7 Å². The number of anilines is 2. The van der Waals surface area contributed by atoms with E-state index in [-0.39, 0.29) is 5.95 Å². The monoisotopic (exact) mass is 267 g/mol. The highest BCUT2D eigenvalue weighted by molar-refractivity contribution is 6.30. The number of hydrogen-bond acceptors (Lipinski definition) is 6. The maximum Gasteiger partial charge on any atom is 0.257 e. The van der Waals surface area contributed by atoms with Gasteiger partial charge in [0, 0.05) is 13.1 Å². The predicted octanol–water partition coefficient (Wildman–Crippen LogP) is 1.14. The highest BCUT2D eigenvalue weighted by Crippen LogP contribution is 2.13. The fraction of sp³-hybridized carbons (Fsp3) is 0.400. The molecule has 0 aliphatic heterocycles. The molecule has 2 heterocycles. The van der Waals surface area contributed by atoms with E-state index < -0.39 is 0 Å². The van der Waals surface area contributed by atoms with Gasteiger partial charge >= 0.3 is 0 Å². The third-order valence-electron chi connectivity index (χ3n) is 2.43. The maximum absolute atomic E-state index is 5.81. The zero-order chi connectivity index (χ0) is 13.1. The first-order valence-electron chi connectivity index (χ1n) is 5.61. The van der Waals surface area contributed by atoms with Crippen LogP contribution >= 0.6 is 11.6 Å². The van der Waals surface area contributed by atoms with Crippen molar-refractivity contribution in [3.8, 4) is 5.95 Å². The average Bonchev–Trinajstić information content (AvgIpc) is 2.77. The minimum absolute atomic E-state index is 0.161. The van der Waals surface area contributed by atoms with Crippen LogP contribution in [0.15, 0.2) is 12.4 Å². The zero-order valence-corrected chi connectivity index (χ0v) is 11.0. The van der Waals surface area contributed by atoms with Gasteiger partial charge in [-0.15, -0.1) is 0 Å². The van der Waals surface area contributed by atoms with E-state index >= 15 is 0 Å². The molecule has 7 nitrogen and oxygen atoms in total. The van der Waals surface area contributed by atoms with E-state index in [2.05, 4.69) is 20.1 Å². The highest BCUT2D eigenvalue weighted by Gasteiger charge is 2.11. The van der Waals surface area contributed by atoms with Crippen molar-refractivity contribution in [2.45, 2.75) is 13.8 Å². The van der Waals surface area contributed by atoms with Gasteiger partial charge in [-0.05, 0) is 13.8 Å². The topological polar surface area (TPSA) is 85.8 Å². The van der Waals surface area contributed by atoms with E-state index in [1.54, 1.807) is 6.20 Å². The average molecular weight is 268 g/mol. The lowest BCUT2D eigenvalue weighted by molar-refractivity contribution is 0.764. The Hall–Kier alpha value is -1.89. The molecular weight excluding hydrogens is 254 g/mol. The van der Waals surface area contributed by atoms with Crippen LogP contribution in [0.1, 0.15) is 13.8 Å². The second-order valence-corrected chi connectivity index (χ2v) is 4.01. The quantitative estimate of drug-likeness (QED) is 0.894. The molecule has 0 spiro atoms. The van der Waals surface area contributed by atoms with Crippen molar-refractivity contribution >= 4 is 23.5 Å². The number of rotatable bonds is 4. The molecule has 18 heavy (non-hydrogen) atoms. The molecule has 0 fully saturated rings. The Kier molecular flexibility index (Phi) is 3.61. The van der Waals surface area contributed by atoms with E-state index in [0.717, 1.165) is 13.1 Å². The summed E-state index contributed by atoms with van der Waals surface area (Å²) in [5.74, 6) is 1.05. The van der Waals surface area contributed by atoms with E-state index in [1.165, 1.54) is 10.9 Å². The number of aromatic nitrogens is 5. The van der Waals surface area contributed by atoms with Crippen molar-refractivity contribution in [3.63, 3.8) is 0 Å². The van der Waals surface area contributed by atoms with Crippen LogP contribution in [-0.2, 0) is 0 Å². The number of nitrogens with zero attached hydrogens (tertiary/aromatic N) is 6. The molecule has 2 rings (SSSR count). The Bertz CT molecular complexity index is 535. The van der Waals surface area contributed by atoms with Crippen molar-refractivity contribution in [2.24, 2.45) is 0 Å². The van der Waals surface area contributed by atoms with Gasteiger partial charge in [0.15, 0.2) is 0 Å². The van der Waals surface area contributed by atoms with Crippen LogP contribution in [0, 0.1) is 0 Å². The third-order valence-corrected chi connectivity index (χ3v) is 2.63. The maximum atomic E-state index is 5.81. The van der Waals surface area contributed by atoms with Gasteiger partial charge in [0.05, 0.1) is 17.4 Å². The molecule has 2 N–H and O–H groups in total. The van der Waals surface area contributed by atoms with Crippen LogP contribution in [0.3, 0.4) is 0 Å². The summed E-state index contributed by atoms with van der Waals surface area (Å²) in [4.78, 5) is 14.5. The van der Waals surface area contributed by atoms with E-state index in [0.29, 0.717) is 16.9 Å². The van der Waals surface area contributed by atoms with Gasteiger partial charge in [-0.1, -0.05) is 11.6 Å². The Labute approximate surface area is 110 Å². The van der Waals surface area contributed by atoms with E-state index in [9.17, 15) is 0 Å². The largest absolute Gasteiger partial charge is 0.368 e. The highest BCUT2D eigenvalue weighted by atomic mass is 35.5. The van der Waals surface area contributed by atoms with Crippen LogP contribution in [0.4, 0.5) is 11.9 Å². The summed E-state index contributed by atoms with van der Waals surface area (Å²) in [7, 11) is 0. The minimum Gasteiger partial charge on any atom is -0.368 e. The van der Waals surface area contributed by atoms with Gasteiger partial charge in [-0.25, -0.2) is 4.68 Å². The zero-order valence-electron chi connectivity index (χ0n) is 10.2. The first kappa shape index (κ1) is 12.6. The Morgan fingerprint density at radius 1 is 1.28 bits per heavy atom. The molecule has 96 valence electrons. The molecule has 2 aromatic rings. The molecule has 0 aliphatic rings. The summed E-state index contributed by atoms with van der Waals surface area (Å²) in [5, 5.41) is 4.55. The SMILES string of the molecule is CCN(CC)c1nc(N)nc(-n2cc(Cl)cn2)n1. The fourth-order valence-corrected chi connectivity index (χ4v) is 1.67. The molecule has 0 atom stereocenters. The van der Waals surface area contributed by atoms with Gasteiger partial charge in [-0.3, -0.25) is 0 Å². The van der Waals surface area contributed by atoms with Gasteiger partial charge in [-0.2, -0.15) is 20.1 Å². The number of hydrogen-bond donors (Lipinski definition) is 1. The molecule has 0 saturated carbocycles. The lowest BCUT2D eigenvalue weighted by Gasteiger charge is -2.18. The van der Waals surface area contributed by atoms with Crippen LogP contribution in [0.5, 0.6) is 0 Å². The smallest absolute Gasteiger partial charge is 0.257 e. The van der Waals surface area contributed by atoms with E-state index in [4.69, 9.17) is 17.3 Å². The van der Waals surface area contributed by atoms with Crippen LogP contribution in [0.2, 0.25) is 5.02 Å². The first-order chi connectivity index (χ1) is 8.63. The summed E-state index contributed by atoms with van der Waals surface area (Å²) >= 11 is 5.81. The lowest BCUT2D eigenvalue weighted by Crippen LogP contribution is -2.25. The minimum atomic E-state index is 0.161. The van der Waals surface area contributed by atoms with Crippen molar-refractivity contribution < 1.29 is 0 Å². The molecular formula is C10H14ClN7. The fourth-order valence-electron chi connectivity index (χ4n) is 1.53. The van der Waals surface area contributed by atoms with Gasteiger partial charge in [0.25, 0.3) is 5.95 Å². The molecule has 2 aromatic heterocycles. The first-order valence-corrected chi connectivity index (χ1v) is 5.98. The summed E-state index contributed by atoms with van der Waals surface area (Å²) in [5.41, 5.74) is 5.69. The Morgan fingerprint density at radius 2 is 2.00 bits per heavy atom. The summed E-state index contributed by atoms with van der Waals surface area (Å²) in [6, 6.07) is 0. The van der Waals surface area contributed by atoms with Crippen molar-refractivity contribution in [1.82, 2.24) is 24.7 Å². The number of nitrogens with two attached hydrogens (primary N) is 1. The number of nitrogen functional groups attached to an aromatic ring is 1. The van der Waals surface area contributed by atoms with Crippen LogP contribution in [0.25, 0.3) is 5.95 Å². The van der Waals surface area contributed by atoms with Crippen LogP contribution < -0.4 is 10.6 Å². The molecule has 0 unspecified atom stereocenters. The van der Waals surface area contributed by atoms with Gasteiger partial charge in [0.1, 0.15) is 0 Å². The summed E-state index contributed by atoms with van der Waals surface area (Å²) < 4.78 is 1.47. The second kappa shape index (κ2) is 5.18. The second-order valence-electron chi connectivity index (χ2n) is 3.57. The number of halogens is 1. The predicted molar refractivity (Wildman–Crippen MR) is 69.9 cm³/mol. The molecule has 0 radical (unpaired) electrons. The lowest BCUT2D eigenvalue weighted by atomic mass is 10.5. The van der Waals surface area contributed by atoms with Crippen LogP contribution in [-0.4, -0.2) is 37.8 Å². The standard InChI is InChI=1S/C10H14ClN7/c1-3-17(4-2)9-14-8(12)15-10(16-9)18-6-7(11)5-13-18/h5-6H,3-4H2,1-2H3,(H2,12,14,15,16). The summed E-state index contributed by atoms with van der Waals surface area (Å²) in [6.45, 7) is 5.63. The summed E-state index contributed by atoms with van der Waals surface area (Å²) in [6.07, 6.45) is 3.13. The van der Waals surface area contributed by atoms with Crippen molar-refractivity contribution in [2.75, 3.05) is 23.7 Å². The molecule has 0 bridgehead atoms. The van der Waals surface area contributed by atoms with Crippen molar-refractivity contribution in [3.05, 3.63) is 17.4 Å². The molecule has 0 aromatic carbocycles. The van der Waals surface area contributed by atoms with Gasteiger partial charge in [0.2, 0.25) is 11.9 Å². The van der Waals surface area contributed by atoms with Gasteiger partial charge < -0.3 is 10.6 Å². The molecule has 0 aliphatic carbocycles. The Balaban J connectivity index is 2.43. The molecule has 8 heteroatoms.